The van der Waals surface area contributed by atoms with Crippen molar-refractivity contribution in [3.05, 3.63) is 94.0 Å². The maximum absolute atomic E-state index is 13.1. The number of fused-ring (bicyclic) bond motifs is 1. The Balaban J connectivity index is 1.49. The number of hydrogen-bond donors (Lipinski definition) is 2. The first-order valence-electron chi connectivity index (χ1n) is 11.1. The minimum atomic E-state index is -0.570. The highest BCUT2D eigenvalue weighted by atomic mass is 16.5. The van der Waals surface area contributed by atoms with Crippen LogP contribution in [0.25, 0.3) is 0 Å². The van der Waals surface area contributed by atoms with Gasteiger partial charge in [-0.3, -0.25) is 24.0 Å². The van der Waals surface area contributed by atoms with E-state index in [-0.39, 0.29) is 23.2 Å². The predicted octanol–water partition coefficient (Wildman–Crippen LogP) is 3.26. The molecule has 182 valence electrons. The summed E-state index contributed by atoms with van der Waals surface area (Å²) in [5.74, 6) is -2.43. The van der Waals surface area contributed by atoms with E-state index in [4.69, 9.17) is 0 Å². The van der Waals surface area contributed by atoms with Gasteiger partial charge >= 0.3 is 5.97 Å². The van der Waals surface area contributed by atoms with Crippen LogP contribution in [0.15, 0.2) is 60.7 Å². The quantitative estimate of drug-likeness (QED) is 0.408. The maximum Gasteiger partial charge on any atom is 0.325 e. The summed E-state index contributed by atoms with van der Waals surface area (Å²) in [6, 6.07) is 16.0. The number of rotatable bonds is 6. The van der Waals surface area contributed by atoms with Crippen molar-refractivity contribution in [3.63, 3.8) is 0 Å². The molecule has 4 rings (SSSR count). The van der Waals surface area contributed by atoms with E-state index in [9.17, 15) is 24.0 Å². The van der Waals surface area contributed by atoms with Crippen molar-refractivity contribution < 1.29 is 28.7 Å². The molecule has 1 aliphatic rings. The fraction of sp³-hybridized carbons (Fsp3) is 0.148. The first kappa shape index (κ1) is 24.3. The van der Waals surface area contributed by atoms with Gasteiger partial charge in [-0.25, -0.2) is 4.90 Å². The Kier molecular flexibility index (Phi) is 6.64. The van der Waals surface area contributed by atoms with Crippen molar-refractivity contribution in [1.82, 2.24) is 5.32 Å². The number of imide groups is 1. The molecule has 36 heavy (non-hydrogen) atoms. The predicted molar refractivity (Wildman–Crippen MR) is 132 cm³/mol. The molecule has 3 aromatic rings. The molecule has 0 unspecified atom stereocenters. The van der Waals surface area contributed by atoms with Gasteiger partial charge in [-0.15, -0.1) is 0 Å². The summed E-state index contributed by atoms with van der Waals surface area (Å²) in [7, 11) is 1.22. The van der Waals surface area contributed by atoms with Crippen LogP contribution in [0, 0.1) is 13.8 Å². The van der Waals surface area contributed by atoms with Crippen LogP contribution in [0.5, 0.6) is 0 Å². The molecule has 4 amide bonds. The third-order valence-corrected chi connectivity index (χ3v) is 5.78. The van der Waals surface area contributed by atoms with Gasteiger partial charge in [-0.2, -0.15) is 0 Å². The fourth-order valence-electron chi connectivity index (χ4n) is 3.80. The molecule has 1 aliphatic heterocycles. The Morgan fingerprint density at radius 3 is 2.17 bits per heavy atom. The number of carbonyl (C=O) groups is 5. The number of methoxy groups -OCH3 is 1. The monoisotopic (exact) mass is 485 g/mol. The average Bonchev–Trinajstić information content (AvgIpc) is 3.13. The molecule has 0 radical (unpaired) electrons. The number of hydrogen-bond acceptors (Lipinski definition) is 6. The van der Waals surface area contributed by atoms with Crippen molar-refractivity contribution in [3.8, 4) is 0 Å². The van der Waals surface area contributed by atoms with Gasteiger partial charge < -0.3 is 15.4 Å². The lowest BCUT2D eigenvalue weighted by Gasteiger charge is -2.17. The lowest BCUT2D eigenvalue weighted by atomic mass is 10.1. The van der Waals surface area contributed by atoms with Gasteiger partial charge in [0, 0.05) is 16.8 Å². The molecule has 0 aromatic heterocycles. The normalized spacial score (nSPS) is 12.2. The number of esters is 1. The summed E-state index contributed by atoms with van der Waals surface area (Å²) in [5.41, 5.74) is 3.54. The van der Waals surface area contributed by atoms with Gasteiger partial charge in [0.25, 0.3) is 23.6 Å². The molecule has 3 aromatic carbocycles. The Morgan fingerprint density at radius 2 is 1.47 bits per heavy atom. The third-order valence-electron chi connectivity index (χ3n) is 5.78. The molecule has 0 bridgehead atoms. The zero-order valence-corrected chi connectivity index (χ0v) is 19.9. The number of aryl methyl sites for hydroxylation is 2. The van der Waals surface area contributed by atoms with Crippen molar-refractivity contribution >= 4 is 41.0 Å². The summed E-state index contributed by atoms with van der Waals surface area (Å²) in [6.45, 7) is 3.45. The minimum Gasteiger partial charge on any atom is -0.468 e. The molecule has 2 N–H and O–H groups in total. The topological polar surface area (TPSA) is 122 Å². The fourth-order valence-corrected chi connectivity index (χ4v) is 3.80. The molecule has 0 aliphatic carbocycles. The summed E-state index contributed by atoms with van der Waals surface area (Å²) < 4.78 is 4.48. The lowest BCUT2D eigenvalue weighted by molar-refractivity contribution is -0.139. The van der Waals surface area contributed by atoms with Crippen LogP contribution in [0.1, 0.15) is 52.6 Å². The van der Waals surface area contributed by atoms with Crippen LogP contribution in [0.4, 0.5) is 11.4 Å². The number of carbonyl (C=O) groups excluding carboxylic acids is 5. The van der Waals surface area contributed by atoms with E-state index in [1.165, 1.54) is 49.6 Å². The minimum absolute atomic E-state index is 0.159. The highest BCUT2D eigenvalue weighted by Crippen LogP contribution is 2.32. The first-order valence-corrected chi connectivity index (χ1v) is 11.1. The molecule has 9 heteroatoms. The highest BCUT2D eigenvalue weighted by molar-refractivity contribution is 6.35. The molecular formula is C27H23N3O6. The van der Waals surface area contributed by atoms with Gasteiger partial charge in [0.1, 0.15) is 6.54 Å². The molecular weight excluding hydrogens is 462 g/mol. The molecule has 0 saturated carbocycles. The molecule has 0 spiro atoms. The van der Waals surface area contributed by atoms with Crippen LogP contribution < -0.4 is 15.5 Å². The second-order valence-electron chi connectivity index (χ2n) is 8.29. The molecule has 0 atom stereocenters. The Labute approximate surface area is 207 Å². The number of benzene rings is 3. The van der Waals surface area contributed by atoms with Crippen LogP contribution in [-0.4, -0.2) is 43.3 Å². The van der Waals surface area contributed by atoms with Gasteiger partial charge in [-0.1, -0.05) is 12.1 Å². The molecule has 1 heterocycles. The van der Waals surface area contributed by atoms with E-state index in [1.54, 1.807) is 6.07 Å². The Morgan fingerprint density at radius 1 is 0.806 bits per heavy atom. The van der Waals surface area contributed by atoms with E-state index in [0.29, 0.717) is 16.9 Å². The average molecular weight is 485 g/mol. The summed E-state index contributed by atoms with van der Waals surface area (Å²) >= 11 is 0. The number of nitrogens with one attached hydrogen (secondary N) is 2. The number of nitrogens with zero attached hydrogens (tertiary/aromatic N) is 1. The Bertz CT molecular complexity index is 1410. The summed E-state index contributed by atoms with van der Waals surface area (Å²) in [5, 5.41) is 5.13. The highest BCUT2D eigenvalue weighted by Gasteiger charge is 2.37. The summed E-state index contributed by atoms with van der Waals surface area (Å²) in [4.78, 5) is 63.3. The van der Waals surface area contributed by atoms with Gasteiger partial charge in [-0.05, 0) is 73.5 Å². The van der Waals surface area contributed by atoms with E-state index in [1.807, 2.05) is 26.0 Å². The Hall–Kier alpha value is -4.79. The van der Waals surface area contributed by atoms with Crippen LogP contribution in [0.2, 0.25) is 0 Å². The van der Waals surface area contributed by atoms with Crippen LogP contribution >= 0.6 is 0 Å². The molecule has 0 fully saturated rings. The van der Waals surface area contributed by atoms with Gasteiger partial charge in [0.15, 0.2) is 0 Å². The van der Waals surface area contributed by atoms with Crippen molar-refractivity contribution in [2.24, 2.45) is 0 Å². The smallest absolute Gasteiger partial charge is 0.325 e. The third kappa shape index (κ3) is 4.72. The van der Waals surface area contributed by atoms with E-state index in [2.05, 4.69) is 15.4 Å². The van der Waals surface area contributed by atoms with Crippen molar-refractivity contribution in [2.75, 3.05) is 23.9 Å². The van der Waals surface area contributed by atoms with E-state index < -0.39 is 29.6 Å². The number of ether oxygens (including phenoxy) is 1. The summed E-state index contributed by atoms with van der Waals surface area (Å²) in [6.07, 6.45) is 0. The lowest BCUT2D eigenvalue weighted by Crippen LogP contribution is -2.30. The van der Waals surface area contributed by atoms with Gasteiger partial charge in [0.05, 0.1) is 23.9 Å². The molecule has 9 nitrogen and oxygen atoms in total. The van der Waals surface area contributed by atoms with Crippen molar-refractivity contribution in [1.29, 1.82) is 0 Å². The van der Waals surface area contributed by atoms with Crippen LogP contribution in [-0.2, 0) is 9.53 Å². The van der Waals surface area contributed by atoms with E-state index >= 15 is 0 Å². The zero-order valence-electron chi connectivity index (χ0n) is 19.9. The molecule has 0 saturated heterocycles. The standard InChI is InChI=1S/C27H23N3O6/c1-15-4-5-16(2)22(12-15)30-26(34)20-11-8-18(13-21(20)27(30)35)25(33)29-19-9-6-17(7-10-19)24(32)28-14-23(31)36-3/h4-13H,14H2,1-3H3,(H,28,32)(H,29,33). The maximum atomic E-state index is 13.1. The van der Waals surface area contributed by atoms with Gasteiger partial charge in [0.2, 0.25) is 0 Å². The second-order valence-corrected chi connectivity index (χ2v) is 8.29. The first-order chi connectivity index (χ1) is 17.2. The second kappa shape index (κ2) is 9.83. The van der Waals surface area contributed by atoms with Crippen LogP contribution in [0.3, 0.4) is 0 Å². The van der Waals surface area contributed by atoms with E-state index in [0.717, 1.165) is 16.0 Å². The zero-order chi connectivity index (χ0) is 26.0. The largest absolute Gasteiger partial charge is 0.468 e. The number of amides is 4. The van der Waals surface area contributed by atoms with Crippen molar-refractivity contribution in [2.45, 2.75) is 13.8 Å². The number of anilines is 2. The SMILES string of the molecule is COC(=O)CNC(=O)c1ccc(NC(=O)c2ccc3c(c2)C(=O)N(c2cc(C)ccc2C)C3=O)cc1.